The Bertz CT molecular complexity index is 155. The molecule has 0 N–H and O–H groups in total. The first kappa shape index (κ1) is 11.6. The van der Waals surface area contributed by atoms with Gasteiger partial charge in [0.25, 0.3) is 0 Å². The van der Waals surface area contributed by atoms with Crippen molar-refractivity contribution in [2.24, 2.45) is 0 Å². The van der Waals surface area contributed by atoms with Crippen molar-refractivity contribution >= 4 is 17.7 Å². The minimum absolute atomic E-state index is 0.142. The van der Waals surface area contributed by atoms with Gasteiger partial charge in [-0.2, -0.15) is 11.8 Å². The molecule has 0 spiro atoms. The van der Waals surface area contributed by atoms with E-state index in [0.717, 1.165) is 17.7 Å². The maximum atomic E-state index is 10.9. The molecule has 70 valence electrons. The normalized spacial score (nSPS) is 9.50. The Morgan fingerprint density at radius 1 is 1.58 bits per heavy atom. The topological polar surface area (TPSA) is 26.3 Å². The van der Waals surface area contributed by atoms with Gasteiger partial charge < -0.3 is 4.74 Å². The van der Waals surface area contributed by atoms with Crippen molar-refractivity contribution in [1.29, 1.82) is 0 Å². The lowest BCUT2D eigenvalue weighted by atomic mass is 10.4. The zero-order chi connectivity index (χ0) is 9.40. The van der Waals surface area contributed by atoms with Gasteiger partial charge in [0.05, 0.1) is 5.75 Å². The van der Waals surface area contributed by atoms with Crippen LogP contribution in [0.1, 0.15) is 20.3 Å². The van der Waals surface area contributed by atoms with E-state index in [2.05, 4.69) is 13.5 Å². The van der Waals surface area contributed by atoms with Gasteiger partial charge in [-0.15, -0.1) is 0 Å². The van der Waals surface area contributed by atoms with E-state index in [9.17, 15) is 4.79 Å². The van der Waals surface area contributed by atoms with Crippen molar-refractivity contribution in [2.45, 2.75) is 20.3 Å². The van der Waals surface area contributed by atoms with Crippen molar-refractivity contribution in [3.8, 4) is 0 Å². The highest BCUT2D eigenvalue weighted by Crippen LogP contribution is 2.02. The number of carbonyl (C=O) groups excluding carboxylic acids is 1. The minimum atomic E-state index is -0.142. The minimum Gasteiger partial charge on any atom is -0.461 e. The molecule has 0 aromatic rings. The van der Waals surface area contributed by atoms with Crippen LogP contribution in [-0.4, -0.2) is 24.1 Å². The SMILES string of the molecule is C=C(C)COC(=O)CSCCC. The lowest BCUT2D eigenvalue weighted by molar-refractivity contribution is -0.139. The standard InChI is InChI=1S/C9H16O2S/c1-4-5-12-7-9(10)11-6-8(2)3/h2,4-7H2,1,3H3. The Balaban J connectivity index is 3.28. The zero-order valence-corrected chi connectivity index (χ0v) is 8.58. The van der Waals surface area contributed by atoms with E-state index in [4.69, 9.17) is 4.74 Å². The monoisotopic (exact) mass is 188 g/mol. The highest BCUT2D eigenvalue weighted by atomic mass is 32.2. The Kier molecular flexibility index (Phi) is 6.96. The molecule has 0 rings (SSSR count). The van der Waals surface area contributed by atoms with Crippen molar-refractivity contribution in [1.82, 2.24) is 0 Å². The lowest BCUT2D eigenvalue weighted by Gasteiger charge is -2.02. The molecule has 0 amide bonds. The lowest BCUT2D eigenvalue weighted by Crippen LogP contribution is -2.09. The first-order valence-corrected chi connectivity index (χ1v) is 5.20. The molecule has 0 aromatic heterocycles. The summed E-state index contributed by atoms with van der Waals surface area (Å²) in [5, 5.41) is 0. The first-order chi connectivity index (χ1) is 5.66. The molecule has 0 bridgehead atoms. The van der Waals surface area contributed by atoms with Crippen LogP contribution >= 0.6 is 11.8 Å². The molecule has 0 heterocycles. The highest BCUT2D eigenvalue weighted by Gasteiger charge is 2.01. The molecule has 2 nitrogen and oxygen atoms in total. The van der Waals surface area contributed by atoms with Crippen LogP contribution in [0.15, 0.2) is 12.2 Å². The molecule has 0 saturated carbocycles. The van der Waals surface area contributed by atoms with Crippen LogP contribution in [-0.2, 0) is 9.53 Å². The molecule has 12 heavy (non-hydrogen) atoms. The fourth-order valence-electron chi connectivity index (χ4n) is 0.545. The van der Waals surface area contributed by atoms with E-state index in [1.54, 1.807) is 11.8 Å². The van der Waals surface area contributed by atoms with Gasteiger partial charge in [-0.25, -0.2) is 0 Å². The number of ether oxygens (including phenoxy) is 1. The van der Waals surface area contributed by atoms with E-state index >= 15 is 0 Å². The van der Waals surface area contributed by atoms with Crippen molar-refractivity contribution < 1.29 is 9.53 Å². The Morgan fingerprint density at radius 3 is 2.75 bits per heavy atom. The van der Waals surface area contributed by atoms with Crippen LogP contribution in [0.5, 0.6) is 0 Å². The average molecular weight is 188 g/mol. The number of esters is 1. The largest absolute Gasteiger partial charge is 0.461 e. The summed E-state index contributed by atoms with van der Waals surface area (Å²) in [6.07, 6.45) is 1.10. The van der Waals surface area contributed by atoms with E-state index in [1.165, 1.54) is 0 Å². The summed E-state index contributed by atoms with van der Waals surface area (Å²) in [6.45, 7) is 7.92. The number of thioether (sulfide) groups is 1. The molecule has 0 aliphatic rings. The second-order valence-corrected chi connectivity index (χ2v) is 3.78. The third kappa shape index (κ3) is 7.66. The maximum absolute atomic E-state index is 10.9. The van der Waals surface area contributed by atoms with E-state index < -0.39 is 0 Å². The molecular weight excluding hydrogens is 172 g/mol. The van der Waals surface area contributed by atoms with Crippen LogP contribution < -0.4 is 0 Å². The van der Waals surface area contributed by atoms with Crippen molar-refractivity contribution in [3.63, 3.8) is 0 Å². The first-order valence-electron chi connectivity index (χ1n) is 4.04. The number of carbonyl (C=O) groups is 1. The summed E-state index contributed by atoms with van der Waals surface area (Å²) in [7, 11) is 0. The summed E-state index contributed by atoms with van der Waals surface area (Å²) in [5.74, 6) is 1.33. The Labute approximate surface area is 78.4 Å². The van der Waals surface area contributed by atoms with E-state index in [1.807, 2.05) is 6.92 Å². The maximum Gasteiger partial charge on any atom is 0.316 e. The van der Waals surface area contributed by atoms with Crippen LogP contribution in [0.4, 0.5) is 0 Å². The Morgan fingerprint density at radius 2 is 2.25 bits per heavy atom. The number of rotatable bonds is 6. The third-order valence-corrected chi connectivity index (χ3v) is 2.18. The predicted octanol–water partition coefficient (Wildman–Crippen LogP) is 2.25. The van der Waals surface area contributed by atoms with Crippen molar-refractivity contribution in [3.05, 3.63) is 12.2 Å². The number of hydrogen-bond acceptors (Lipinski definition) is 3. The summed E-state index contributed by atoms with van der Waals surface area (Å²) in [6, 6.07) is 0. The van der Waals surface area contributed by atoms with Crippen molar-refractivity contribution in [2.75, 3.05) is 18.1 Å². The third-order valence-electron chi connectivity index (χ3n) is 1.05. The molecule has 0 saturated heterocycles. The second kappa shape index (κ2) is 7.22. The van der Waals surface area contributed by atoms with Gasteiger partial charge in [0.15, 0.2) is 0 Å². The fourth-order valence-corrected chi connectivity index (χ4v) is 1.23. The fraction of sp³-hybridized carbons (Fsp3) is 0.667. The van der Waals surface area contributed by atoms with E-state index in [0.29, 0.717) is 12.4 Å². The van der Waals surface area contributed by atoms with Crippen LogP contribution in [0.25, 0.3) is 0 Å². The molecule has 0 fully saturated rings. The molecular formula is C9H16O2S. The molecule has 0 aromatic carbocycles. The molecule has 0 aliphatic carbocycles. The van der Waals surface area contributed by atoms with Crippen LogP contribution in [0.2, 0.25) is 0 Å². The predicted molar refractivity (Wildman–Crippen MR) is 53.4 cm³/mol. The Hall–Kier alpha value is -0.440. The van der Waals surface area contributed by atoms with Gasteiger partial charge >= 0.3 is 5.97 Å². The van der Waals surface area contributed by atoms with Gasteiger partial charge in [0.1, 0.15) is 6.61 Å². The van der Waals surface area contributed by atoms with Crippen LogP contribution in [0, 0.1) is 0 Å². The van der Waals surface area contributed by atoms with Crippen LogP contribution in [0.3, 0.4) is 0 Å². The summed E-state index contributed by atoms with van der Waals surface area (Å²) >= 11 is 1.61. The summed E-state index contributed by atoms with van der Waals surface area (Å²) in [5.41, 5.74) is 0.879. The van der Waals surface area contributed by atoms with Gasteiger partial charge in [-0.3, -0.25) is 4.79 Å². The smallest absolute Gasteiger partial charge is 0.316 e. The van der Waals surface area contributed by atoms with Gasteiger partial charge in [0, 0.05) is 0 Å². The molecule has 0 radical (unpaired) electrons. The molecule has 0 atom stereocenters. The number of hydrogen-bond donors (Lipinski definition) is 0. The highest BCUT2D eigenvalue weighted by molar-refractivity contribution is 7.99. The summed E-state index contributed by atoms with van der Waals surface area (Å²) < 4.78 is 4.89. The van der Waals surface area contributed by atoms with Gasteiger partial charge in [0.2, 0.25) is 0 Å². The molecule has 0 aliphatic heterocycles. The molecule has 3 heteroatoms. The summed E-state index contributed by atoms with van der Waals surface area (Å²) in [4.78, 5) is 10.9. The second-order valence-electron chi connectivity index (χ2n) is 2.67. The van der Waals surface area contributed by atoms with Gasteiger partial charge in [-0.05, 0) is 24.7 Å². The quantitative estimate of drug-likeness (QED) is 0.363. The zero-order valence-electron chi connectivity index (χ0n) is 7.76. The average Bonchev–Trinajstić information content (AvgIpc) is 2.01. The molecule has 0 unspecified atom stereocenters. The van der Waals surface area contributed by atoms with E-state index in [-0.39, 0.29) is 5.97 Å². The van der Waals surface area contributed by atoms with Gasteiger partial charge in [-0.1, -0.05) is 13.5 Å².